The minimum Gasteiger partial charge on any atom is -0.361 e. The summed E-state index contributed by atoms with van der Waals surface area (Å²) in [5, 5.41) is 9.55. The highest BCUT2D eigenvalue weighted by Gasteiger charge is 2.53. The van der Waals surface area contributed by atoms with Gasteiger partial charge in [-0.15, -0.1) is 10.2 Å². The van der Waals surface area contributed by atoms with Crippen molar-refractivity contribution in [3.8, 4) is 0 Å². The predicted molar refractivity (Wildman–Crippen MR) is 98.9 cm³/mol. The van der Waals surface area contributed by atoms with Crippen molar-refractivity contribution in [3.05, 3.63) is 48.2 Å². The normalized spacial score (nSPS) is 21.4. The Kier molecular flexibility index (Phi) is 3.42. The molecule has 1 saturated carbocycles. The number of nitrogens with one attached hydrogen (secondary N) is 1. The van der Waals surface area contributed by atoms with E-state index in [0.717, 1.165) is 41.9 Å². The molecule has 1 aliphatic heterocycles. The van der Waals surface area contributed by atoms with Crippen molar-refractivity contribution in [2.24, 2.45) is 5.41 Å². The summed E-state index contributed by atoms with van der Waals surface area (Å²) in [4.78, 5) is 18.6. The lowest BCUT2D eigenvalue weighted by molar-refractivity contribution is 0.0725. The van der Waals surface area contributed by atoms with Crippen molar-refractivity contribution in [2.45, 2.75) is 38.6 Å². The molecule has 1 saturated heterocycles. The van der Waals surface area contributed by atoms with Gasteiger partial charge in [0.05, 0.1) is 0 Å². The standard InChI is InChI=1S/C20H23N5O/c1-2-24-13-22-23-18(24)16-11-25(12-20(16)8-4-9-20)19(26)15-5-3-6-17-14(15)7-10-21-17/h3,5-7,10,13,16,21H,2,4,8-9,11-12H2,1H3. The van der Waals surface area contributed by atoms with E-state index in [9.17, 15) is 4.79 Å². The number of amides is 1. The van der Waals surface area contributed by atoms with E-state index < -0.39 is 0 Å². The fourth-order valence-electron chi connectivity index (χ4n) is 4.84. The zero-order chi connectivity index (χ0) is 17.7. The van der Waals surface area contributed by atoms with E-state index in [1.807, 2.05) is 41.7 Å². The second-order valence-electron chi connectivity index (χ2n) is 7.67. The number of aromatic nitrogens is 4. The summed E-state index contributed by atoms with van der Waals surface area (Å²) in [7, 11) is 0. The Hall–Kier alpha value is -2.63. The lowest BCUT2D eigenvalue weighted by Gasteiger charge is -2.42. The Morgan fingerprint density at radius 1 is 1.35 bits per heavy atom. The van der Waals surface area contributed by atoms with Gasteiger partial charge in [0.25, 0.3) is 5.91 Å². The molecule has 1 atom stereocenters. The van der Waals surface area contributed by atoms with Crippen LogP contribution in [0, 0.1) is 5.41 Å². The zero-order valence-corrected chi connectivity index (χ0v) is 15.0. The van der Waals surface area contributed by atoms with Crippen LogP contribution < -0.4 is 0 Å². The van der Waals surface area contributed by atoms with Gasteiger partial charge in [-0.2, -0.15) is 0 Å². The molecule has 1 N–H and O–H groups in total. The molecule has 2 fully saturated rings. The average Bonchev–Trinajstić information content (AvgIpc) is 3.35. The molecule has 2 aliphatic rings. The number of H-pyrrole nitrogens is 1. The number of aryl methyl sites for hydroxylation is 1. The third-order valence-corrected chi connectivity index (χ3v) is 6.41. The smallest absolute Gasteiger partial charge is 0.254 e. The van der Waals surface area contributed by atoms with Gasteiger partial charge in [-0.3, -0.25) is 4.79 Å². The maximum absolute atomic E-state index is 13.3. The Morgan fingerprint density at radius 2 is 2.23 bits per heavy atom. The molecule has 6 nitrogen and oxygen atoms in total. The number of aromatic amines is 1. The highest BCUT2D eigenvalue weighted by atomic mass is 16.2. The Bertz CT molecular complexity index is 967. The van der Waals surface area contributed by atoms with Crippen molar-refractivity contribution in [1.82, 2.24) is 24.6 Å². The number of hydrogen-bond donors (Lipinski definition) is 1. The second kappa shape index (κ2) is 5.69. The lowest BCUT2D eigenvalue weighted by Crippen LogP contribution is -2.38. The molecule has 3 heterocycles. The van der Waals surface area contributed by atoms with Gasteiger partial charge < -0.3 is 14.5 Å². The van der Waals surface area contributed by atoms with E-state index >= 15 is 0 Å². The van der Waals surface area contributed by atoms with Crippen LogP contribution in [0.5, 0.6) is 0 Å². The van der Waals surface area contributed by atoms with Crippen LogP contribution in [0.25, 0.3) is 10.9 Å². The Labute approximate surface area is 152 Å². The average molecular weight is 349 g/mol. The molecule has 0 bridgehead atoms. The molecule has 6 heteroatoms. The maximum atomic E-state index is 13.3. The summed E-state index contributed by atoms with van der Waals surface area (Å²) in [6, 6.07) is 7.89. The van der Waals surface area contributed by atoms with Crippen LogP contribution in [0.2, 0.25) is 0 Å². The molecule has 1 spiro atoms. The summed E-state index contributed by atoms with van der Waals surface area (Å²) in [5.41, 5.74) is 1.98. The van der Waals surface area contributed by atoms with Gasteiger partial charge in [0.2, 0.25) is 0 Å². The van der Waals surface area contributed by atoms with Gasteiger partial charge in [0.1, 0.15) is 12.2 Å². The monoisotopic (exact) mass is 349 g/mol. The molecule has 1 aromatic carbocycles. The van der Waals surface area contributed by atoms with E-state index in [0.29, 0.717) is 0 Å². The number of nitrogens with zero attached hydrogens (tertiary/aromatic N) is 4. The first-order valence-electron chi connectivity index (χ1n) is 9.45. The van der Waals surface area contributed by atoms with Crippen LogP contribution in [0.4, 0.5) is 0 Å². The first kappa shape index (κ1) is 15.6. The molecule has 5 rings (SSSR count). The molecule has 2 aromatic heterocycles. The molecular formula is C20H23N5O. The number of hydrogen-bond acceptors (Lipinski definition) is 3. The fourth-order valence-corrected chi connectivity index (χ4v) is 4.84. The van der Waals surface area contributed by atoms with Crippen molar-refractivity contribution in [3.63, 3.8) is 0 Å². The summed E-state index contributed by atoms with van der Waals surface area (Å²) in [6.45, 7) is 4.54. The number of likely N-dealkylation sites (tertiary alicyclic amines) is 1. The molecular weight excluding hydrogens is 326 g/mol. The topological polar surface area (TPSA) is 66.8 Å². The fraction of sp³-hybridized carbons (Fsp3) is 0.450. The summed E-state index contributed by atoms with van der Waals surface area (Å²) in [5.74, 6) is 1.46. The third-order valence-electron chi connectivity index (χ3n) is 6.41. The first-order valence-corrected chi connectivity index (χ1v) is 9.45. The minimum absolute atomic E-state index is 0.131. The van der Waals surface area contributed by atoms with E-state index in [2.05, 4.69) is 26.7 Å². The van der Waals surface area contributed by atoms with Crippen molar-refractivity contribution >= 4 is 16.8 Å². The number of rotatable bonds is 3. The van der Waals surface area contributed by atoms with Crippen molar-refractivity contribution in [1.29, 1.82) is 0 Å². The van der Waals surface area contributed by atoms with Crippen molar-refractivity contribution in [2.75, 3.05) is 13.1 Å². The quantitative estimate of drug-likeness (QED) is 0.790. The molecule has 134 valence electrons. The van der Waals surface area contributed by atoms with Crippen LogP contribution in [0.1, 0.15) is 48.3 Å². The van der Waals surface area contributed by atoms with Crippen LogP contribution in [0.15, 0.2) is 36.8 Å². The molecule has 1 amide bonds. The zero-order valence-electron chi connectivity index (χ0n) is 15.0. The first-order chi connectivity index (χ1) is 12.7. The Morgan fingerprint density at radius 3 is 3.00 bits per heavy atom. The minimum atomic E-state index is 0.131. The highest BCUT2D eigenvalue weighted by molar-refractivity contribution is 6.06. The largest absolute Gasteiger partial charge is 0.361 e. The van der Waals surface area contributed by atoms with Gasteiger partial charge in [-0.05, 0) is 43.4 Å². The van der Waals surface area contributed by atoms with Gasteiger partial charge in [-0.1, -0.05) is 12.5 Å². The van der Waals surface area contributed by atoms with Crippen LogP contribution >= 0.6 is 0 Å². The maximum Gasteiger partial charge on any atom is 0.254 e. The van der Waals surface area contributed by atoms with E-state index in [-0.39, 0.29) is 17.2 Å². The molecule has 26 heavy (non-hydrogen) atoms. The number of carbonyl (C=O) groups is 1. The Balaban J connectivity index is 1.49. The van der Waals surface area contributed by atoms with Gasteiger partial charge in [0, 0.05) is 48.2 Å². The van der Waals surface area contributed by atoms with E-state index in [1.54, 1.807) is 0 Å². The number of benzene rings is 1. The molecule has 1 aliphatic carbocycles. The van der Waals surface area contributed by atoms with Crippen LogP contribution in [0.3, 0.4) is 0 Å². The van der Waals surface area contributed by atoms with Gasteiger partial charge >= 0.3 is 0 Å². The third kappa shape index (κ3) is 2.14. The molecule has 0 radical (unpaired) electrons. The highest BCUT2D eigenvalue weighted by Crippen LogP contribution is 2.55. The predicted octanol–water partition coefficient (Wildman–Crippen LogP) is 3.19. The lowest BCUT2D eigenvalue weighted by atomic mass is 9.62. The van der Waals surface area contributed by atoms with Gasteiger partial charge in [-0.25, -0.2) is 0 Å². The summed E-state index contributed by atoms with van der Waals surface area (Å²) >= 11 is 0. The molecule has 1 unspecified atom stereocenters. The number of carbonyl (C=O) groups excluding carboxylic acids is 1. The van der Waals surface area contributed by atoms with E-state index in [1.165, 1.54) is 19.3 Å². The molecule has 3 aromatic rings. The van der Waals surface area contributed by atoms with Crippen LogP contribution in [-0.4, -0.2) is 43.6 Å². The van der Waals surface area contributed by atoms with E-state index in [4.69, 9.17) is 0 Å². The van der Waals surface area contributed by atoms with Crippen molar-refractivity contribution < 1.29 is 4.79 Å². The number of fused-ring (bicyclic) bond motifs is 1. The SMILES string of the molecule is CCn1cnnc1C1CN(C(=O)c2cccc3[nH]ccc23)CC12CCC2. The summed E-state index contributed by atoms with van der Waals surface area (Å²) < 4.78 is 2.13. The second-order valence-corrected chi connectivity index (χ2v) is 7.67. The summed E-state index contributed by atoms with van der Waals surface area (Å²) in [6.07, 6.45) is 7.29. The van der Waals surface area contributed by atoms with Crippen LogP contribution in [-0.2, 0) is 6.54 Å². The van der Waals surface area contributed by atoms with Gasteiger partial charge in [0.15, 0.2) is 0 Å².